The molecule has 0 radical (unpaired) electrons. The van der Waals surface area contributed by atoms with Crippen LogP contribution in [0.2, 0.25) is 0 Å². The standard InChI is InChI=1S/C30H46N2O4/c1-18(4-7-27(36)32-17-19-9-12-31-13-10-19)22-5-6-23-28-24(16-26(35)30(22,23)3)29(2)11-8-21(33)14-20(29)15-25(28)34/h9-10,12-13,18,20-26,28,33-35H,4-8,11,14-17H2,1-3H3,(H,32,36)/t18-,20-,21-,22+,23-,24-,25-,26+,28+,29+,30-/m1/s1. The molecule has 4 N–H and O–H groups in total. The maximum Gasteiger partial charge on any atom is 0.220 e. The number of rotatable bonds is 6. The Labute approximate surface area is 216 Å². The topological polar surface area (TPSA) is 103 Å². The normalized spacial score (nSPS) is 44.7. The van der Waals surface area contributed by atoms with E-state index in [4.69, 9.17) is 0 Å². The van der Waals surface area contributed by atoms with Crippen LogP contribution in [-0.2, 0) is 11.3 Å². The molecular formula is C30H46N2O4. The fourth-order valence-corrected chi connectivity index (χ4v) is 9.48. The van der Waals surface area contributed by atoms with Crippen LogP contribution in [0.5, 0.6) is 0 Å². The molecule has 4 aliphatic rings. The van der Waals surface area contributed by atoms with Crippen molar-refractivity contribution < 1.29 is 20.1 Å². The van der Waals surface area contributed by atoms with Crippen LogP contribution in [0, 0.1) is 46.3 Å². The van der Waals surface area contributed by atoms with Crippen LogP contribution in [0.25, 0.3) is 0 Å². The second-order valence-electron chi connectivity index (χ2n) is 13.2. The second-order valence-corrected chi connectivity index (χ2v) is 13.2. The number of fused-ring (bicyclic) bond motifs is 5. The highest BCUT2D eigenvalue weighted by Gasteiger charge is 2.65. The molecule has 1 aromatic heterocycles. The average Bonchev–Trinajstić information content (AvgIpc) is 3.22. The van der Waals surface area contributed by atoms with Crippen LogP contribution in [0.4, 0.5) is 0 Å². The van der Waals surface area contributed by atoms with Gasteiger partial charge in [-0.2, -0.15) is 0 Å². The first-order valence-corrected chi connectivity index (χ1v) is 14.3. The first kappa shape index (κ1) is 26.1. The molecule has 4 aliphatic carbocycles. The van der Waals surface area contributed by atoms with E-state index in [9.17, 15) is 20.1 Å². The molecule has 0 unspecified atom stereocenters. The molecule has 0 aliphatic heterocycles. The largest absolute Gasteiger partial charge is 0.393 e. The van der Waals surface area contributed by atoms with E-state index in [1.54, 1.807) is 12.4 Å². The SMILES string of the molecule is C[C@H](CCC(=O)NCc1ccncc1)[C@@H]1CC[C@@H]2[C@@H]3[C@H](O)C[C@H]4C[C@H](O)CC[C@]4(C)[C@@H]3C[C@H](O)[C@@]21C. The molecule has 0 aromatic carbocycles. The number of nitrogens with one attached hydrogen (secondary N) is 1. The molecule has 0 saturated heterocycles. The van der Waals surface area contributed by atoms with Crippen molar-refractivity contribution >= 4 is 5.91 Å². The lowest BCUT2D eigenvalue weighted by atomic mass is 9.43. The van der Waals surface area contributed by atoms with Crippen molar-refractivity contribution in [1.82, 2.24) is 10.3 Å². The minimum Gasteiger partial charge on any atom is -0.393 e. The molecule has 1 aromatic rings. The quantitative estimate of drug-likeness (QED) is 0.473. The highest BCUT2D eigenvalue weighted by molar-refractivity contribution is 5.75. The fraction of sp³-hybridized carbons (Fsp3) is 0.800. The number of carbonyl (C=O) groups excluding carboxylic acids is 1. The van der Waals surface area contributed by atoms with Gasteiger partial charge in [-0.3, -0.25) is 9.78 Å². The summed E-state index contributed by atoms with van der Waals surface area (Å²) in [4.78, 5) is 16.6. The summed E-state index contributed by atoms with van der Waals surface area (Å²) < 4.78 is 0. The second kappa shape index (κ2) is 9.99. The fourth-order valence-electron chi connectivity index (χ4n) is 9.48. The van der Waals surface area contributed by atoms with E-state index >= 15 is 0 Å². The van der Waals surface area contributed by atoms with Crippen molar-refractivity contribution in [2.75, 3.05) is 0 Å². The van der Waals surface area contributed by atoms with Gasteiger partial charge in [-0.1, -0.05) is 20.8 Å². The highest BCUT2D eigenvalue weighted by atomic mass is 16.3. The molecule has 1 heterocycles. The Morgan fingerprint density at radius 3 is 2.58 bits per heavy atom. The summed E-state index contributed by atoms with van der Waals surface area (Å²) in [7, 11) is 0. The summed E-state index contributed by atoms with van der Waals surface area (Å²) in [6.07, 6.45) is 10.1. The van der Waals surface area contributed by atoms with E-state index in [0.29, 0.717) is 42.6 Å². The van der Waals surface area contributed by atoms with Gasteiger partial charge in [0.1, 0.15) is 0 Å². The van der Waals surface area contributed by atoms with Crippen molar-refractivity contribution in [2.45, 2.75) is 103 Å². The lowest BCUT2D eigenvalue weighted by Gasteiger charge is -2.63. The minimum absolute atomic E-state index is 0.0729. The van der Waals surface area contributed by atoms with E-state index in [2.05, 4.69) is 31.1 Å². The number of hydrogen-bond donors (Lipinski definition) is 4. The summed E-state index contributed by atoms with van der Waals surface area (Å²) in [6.45, 7) is 7.43. The third-order valence-electron chi connectivity index (χ3n) is 11.6. The van der Waals surface area contributed by atoms with Gasteiger partial charge in [0.15, 0.2) is 0 Å². The number of aliphatic hydroxyl groups is 3. The molecule has 200 valence electrons. The van der Waals surface area contributed by atoms with Crippen LogP contribution in [0.3, 0.4) is 0 Å². The van der Waals surface area contributed by atoms with Crippen LogP contribution in [-0.4, -0.2) is 44.5 Å². The number of aliphatic hydroxyl groups excluding tert-OH is 3. The third kappa shape index (κ3) is 4.41. The van der Waals surface area contributed by atoms with E-state index < -0.39 is 0 Å². The van der Waals surface area contributed by atoms with E-state index in [0.717, 1.165) is 56.9 Å². The minimum atomic E-state index is -0.381. The zero-order valence-electron chi connectivity index (χ0n) is 22.3. The monoisotopic (exact) mass is 498 g/mol. The molecule has 36 heavy (non-hydrogen) atoms. The highest BCUT2D eigenvalue weighted by Crippen LogP contribution is 2.68. The Bertz CT molecular complexity index is 927. The summed E-state index contributed by atoms with van der Waals surface area (Å²) in [5.41, 5.74) is 0.931. The van der Waals surface area contributed by atoms with Crippen LogP contribution in [0.1, 0.15) is 84.1 Å². The molecule has 0 bridgehead atoms. The Balaban J connectivity index is 1.25. The lowest BCUT2D eigenvalue weighted by Crippen LogP contribution is -2.62. The molecule has 1 amide bonds. The predicted molar refractivity (Wildman–Crippen MR) is 138 cm³/mol. The number of carbonyl (C=O) groups is 1. The van der Waals surface area contributed by atoms with E-state index in [1.807, 2.05) is 12.1 Å². The maximum atomic E-state index is 12.6. The predicted octanol–water partition coefficient (Wildman–Crippen LogP) is 4.08. The average molecular weight is 499 g/mol. The smallest absolute Gasteiger partial charge is 0.220 e. The summed E-state index contributed by atoms with van der Waals surface area (Å²) in [5.74, 6) is 1.98. The molecule has 6 heteroatoms. The van der Waals surface area contributed by atoms with Gasteiger partial charge in [0.05, 0.1) is 18.3 Å². The van der Waals surface area contributed by atoms with Crippen molar-refractivity contribution in [3.63, 3.8) is 0 Å². The van der Waals surface area contributed by atoms with Crippen molar-refractivity contribution in [3.05, 3.63) is 30.1 Å². The van der Waals surface area contributed by atoms with Crippen LogP contribution < -0.4 is 5.32 Å². The van der Waals surface area contributed by atoms with Gasteiger partial charge in [0, 0.05) is 25.4 Å². The van der Waals surface area contributed by atoms with Crippen LogP contribution in [0.15, 0.2) is 24.5 Å². The number of pyridine rings is 1. The van der Waals surface area contributed by atoms with Crippen molar-refractivity contribution in [3.8, 4) is 0 Å². The molecule has 5 rings (SSSR count). The van der Waals surface area contributed by atoms with Gasteiger partial charge in [-0.05, 0) is 115 Å². The lowest BCUT2D eigenvalue weighted by molar-refractivity contribution is -0.207. The molecule has 4 fully saturated rings. The Morgan fingerprint density at radius 1 is 1.08 bits per heavy atom. The van der Waals surface area contributed by atoms with E-state index in [-0.39, 0.29) is 41.0 Å². The van der Waals surface area contributed by atoms with Crippen molar-refractivity contribution in [2.24, 2.45) is 46.3 Å². The zero-order valence-corrected chi connectivity index (χ0v) is 22.3. The van der Waals surface area contributed by atoms with Gasteiger partial charge >= 0.3 is 0 Å². The van der Waals surface area contributed by atoms with Gasteiger partial charge in [0.2, 0.25) is 5.91 Å². The van der Waals surface area contributed by atoms with Gasteiger partial charge < -0.3 is 20.6 Å². The maximum absolute atomic E-state index is 12.6. The van der Waals surface area contributed by atoms with Gasteiger partial charge in [-0.15, -0.1) is 0 Å². The Hall–Kier alpha value is -1.50. The summed E-state index contributed by atoms with van der Waals surface area (Å²) in [5, 5.41) is 36.5. The van der Waals surface area contributed by atoms with Gasteiger partial charge in [0.25, 0.3) is 0 Å². The Morgan fingerprint density at radius 2 is 1.83 bits per heavy atom. The first-order valence-electron chi connectivity index (χ1n) is 14.3. The molecule has 0 spiro atoms. The number of amides is 1. The molecular weight excluding hydrogens is 452 g/mol. The summed E-state index contributed by atoms with van der Waals surface area (Å²) in [6, 6.07) is 3.83. The molecule has 6 nitrogen and oxygen atoms in total. The third-order valence-corrected chi connectivity index (χ3v) is 11.6. The Kier molecular flexibility index (Phi) is 7.25. The summed E-state index contributed by atoms with van der Waals surface area (Å²) >= 11 is 0. The first-order chi connectivity index (χ1) is 17.1. The van der Waals surface area contributed by atoms with Crippen LogP contribution >= 0.6 is 0 Å². The van der Waals surface area contributed by atoms with E-state index in [1.165, 1.54) is 0 Å². The number of aromatic nitrogens is 1. The number of nitrogens with zero attached hydrogens (tertiary/aromatic N) is 1. The zero-order chi connectivity index (χ0) is 25.7. The van der Waals surface area contributed by atoms with Crippen molar-refractivity contribution in [1.29, 1.82) is 0 Å². The molecule has 4 saturated carbocycles. The molecule has 11 atom stereocenters. The number of hydrogen-bond acceptors (Lipinski definition) is 5. The van der Waals surface area contributed by atoms with Gasteiger partial charge in [-0.25, -0.2) is 0 Å².